The summed E-state index contributed by atoms with van der Waals surface area (Å²) < 4.78 is 5.78. The lowest BCUT2D eigenvalue weighted by Gasteiger charge is -2.32. The monoisotopic (exact) mass is 340 g/mol. The van der Waals surface area contributed by atoms with Gasteiger partial charge in [0, 0.05) is 32.8 Å². The van der Waals surface area contributed by atoms with Gasteiger partial charge >= 0.3 is 0 Å². The van der Waals surface area contributed by atoms with E-state index >= 15 is 0 Å². The van der Waals surface area contributed by atoms with E-state index in [0.717, 1.165) is 37.4 Å². The number of benzene rings is 1. The van der Waals surface area contributed by atoms with E-state index in [-0.39, 0.29) is 11.8 Å². The summed E-state index contributed by atoms with van der Waals surface area (Å²) in [5.74, 6) is 1.66. The highest BCUT2D eigenvalue weighted by atomic mass is 16.5. The molecule has 1 aromatic heterocycles. The highest BCUT2D eigenvalue weighted by Gasteiger charge is 2.24. The number of hydrogen-bond donors (Lipinski definition) is 0. The molecule has 2 heterocycles. The standard InChI is InChI=1S/C19H24N4O2/c1-22(2)19(24)14-23-10-6-7-15(13-23)17-11-20-12-18(21-17)25-16-8-4-3-5-9-16/h3-5,8-9,11-12,15H,6-7,10,13-14H2,1-2H3/t15-/m1/s1. The van der Waals surface area contributed by atoms with Crippen LogP contribution in [0.25, 0.3) is 0 Å². The van der Waals surface area contributed by atoms with Gasteiger partial charge < -0.3 is 9.64 Å². The predicted octanol–water partition coefficient (Wildman–Crippen LogP) is 2.54. The average molecular weight is 340 g/mol. The first-order valence-electron chi connectivity index (χ1n) is 8.59. The van der Waals surface area contributed by atoms with Crippen molar-refractivity contribution in [3.05, 3.63) is 48.4 Å². The number of nitrogens with zero attached hydrogens (tertiary/aromatic N) is 4. The molecule has 132 valence electrons. The molecule has 0 unspecified atom stereocenters. The maximum atomic E-state index is 11.9. The van der Waals surface area contributed by atoms with Crippen LogP contribution in [0.4, 0.5) is 0 Å². The summed E-state index contributed by atoms with van der Waals surface area (Å²) in [6.45, 7) is 2.23. The summed E-state index contributed by atoms with van der Waals surface area (Å²) in [6.07, 6.45) is 5.54. The molecular formula is C19H24N4O2. The highest BCUT2D eigenvalue weighted by Crippen LogP contribution is 2.27. The van der Waals surface area contributed by atoms with E-state index in [4.69, 9.17) is 4.74 Å². The van der Waals surface area contributed by atoms with Crippen LogP contribution >= 0.6 is 0 Å². The Labute approximate surface area is 148 Å². The van der Waals surface area contributed by atoms with Crippen molar-refractivity contribution in [2.75, 3.05) is 33.7 Å². The molecule has 1 aliphatic rings. The first-order chi connectivity index (χ1) is 12.1. The van der Waals surface area contributed by atoms with Gasteiger partial charge in [-0.15, -0.1) is 0 Å². The number of carbonyl (C=O) groups is 1. The zero-order chi connectivity index (χ0) is 17.6. The number of hydrogen-bond acceptors (Lipinski definition) is 5. The number of carbonyl (C=O) groups excluding carboxylic acids is 1. The van der Waals surface area contributed by atoms with Crippen molar-refractivity contribution in [2.45, 2.75) is 18.8 Å². The maximum absolute atomic E-state index is 11.9. The van der Waals surface area contributed by atoms with Gasteiger partial charge in [0.25, 0.3) is 0 Å². The van der Waals surface area contributed by atoms with E-state index in [1.165, 1.54) is 0 Å². The van der Waals surface area contributed by atoms with E-state index in [1.807, 2.05) is 30.3 Å². The van der Waals surface area contributed by atoms with Crippen LogP contribution in [-0.2, 0) is 4.79 Å². The van der Waals surface area contributed by atoms with Gasteiger partial charge in [-0.3, -0.25) is 14.7 Å². The molecule has 1 amide bonds. The van der Waals surface area contributed by atoms with Crippen LogP contribution in [0.5, 0.6) is 11.6 Å². The Hall–Kier alpha value is -2.47. The lowest BCUT2D eigenvalue weighted by Crippen LogP contribution is -2.41. The van der Waals surface area contributed by atoms with Crippen LogP contribution in [0.3, 0.4) is 0 Å². The molecule has 0 spiro atoms. The van der Waals surface area contributed by atoms with E-state index < -0.39 is 0 Å². The zero-order valence-electron chi connectivity index (χ0n) is 14.8. The van der Waals surface area contributed by atoms with Crippen molar-refractivity contribution < 1.29 is 9.53 Å². The fourth-order valence-corrected chi connectivity index (χ4v) is 2.99. The quantitative estimate of drug-likeness (QED) is 0.837. The predicted molar refractivity (Wildman–Crippen MR) is 95.7 cm³/mol. The fourth-order valence-electron chi connectivity index (χ4n) is 2.99. The number of likely N-dealkylation sites (N-methyl/N-ethyl adjacent to an activating group) is 1. The first kappa shape index (κ1) is 17.4. The molecule has 0 N–H and O–H groups in total. The minimum Gasteiger partial charge on any atom is -0.437 e. The van der Waals surface area contributed by atoms with Gasteiger partial charge in [-0.2, -0.15) is 0 Å². The van der Waals surface area contributed by atoms with Crippen molar-refractivity contribution in [1.29, 1.82) is 0 Å². The normalized spacial score (nSPS) is 17.9. The Balaban J connectivity index is 1.67. The van der Waals surface area contributed by atoms with Gasteiger partial charge in [0.15, 0.2) is 0 Å². The molecule has 1 aliphatic heterocycles. The molecule has 1 saturated heterocycles. The number of likely N-dealkylation sites (tertiary alicyclic amines) is 1. The van der Waals surface area contributed by atoms with Crippen molar-refractivity contribution in [3.8, 4) is 11.6 Å². The van der Waals surface area contributed by atoms with Crippen LogP contribution in [0.1, 0.15) is 24.5 Å². The lowest BCUT2D eigenvalue weighted by molar-refractivity contribution is -0.130. The first-order valence-corrected chi connectivity index (χ1v) is 8.59. The minimum absolute atomic E-state index is 0.132. The largest absolute Gasteiger partial charge is 0.437 e. The van der Waals surface area contributed by atoms with E-state index in [9.17, 15) is 4.79 Å². The number of ether oxygens (including phenoxy) is 1. The van der Waals surface area contributed by atoms with E-state index in [1.54, 1.807) is 31.4 Å². The average Bonchev–Trinajstić information content (AvgIpc) is 2.63. The third kappa shape index (κ3) is 4.76. The van der Waals surface area contributed by atoms with Gasteiger partial charge in [0.2, 0.25) is 11.8 Å². The van der Waals surface area contributed by atoms with Crippen molar-refractivity contribution >= 4 is 5.91 Å². The van der Waals surface area contributed by atoms with Crippen LogP contribution < -0.4 is 4.74 Å². The molecule has 0 saturated carbocycles. The molecule has 25 heavy (non-hydrogen) atoms. The number of rotatable bonds is 5. The third-order valence-electron chi connectivity index (χ3n) is 4.38. The van der Waals surface area contributed by atoms with Crippen molar-refractivity contribution in [2.24, 2.45) is 0 Å². The van der Waals surface area contributed by atoms with Crippen LogP contribution in [-0.4, -0.2) is 59.4 Å². The highest BCUT2D eigenvalue weighted by molar-refractivity contribution is 5.77. The van der Waals surface area contributed by atoms with Crippen LogP contribution in [0, 0.1) is 0 Å². The van der Waals surface area contributed by atoms with E-state index in [0.29, 0.717) is 12.4 Å². The number of amides is 1. The molecule has 0 bridgehead atoms. The van der Waals surface area contributed by atoms with Gasteiger partial charge in [-0.05, 0) is 31.5 Å². The van der Waals surface area contributed by atoms with Gasteiger partial charge in [0.05, 0.1) is 18.4 Å². The molecule has 1 aromatic carbocycles. The zero-order valence-corrected chi connectivity index (χ0v) is 14.8. The smallest absolute Gasteiger partial charge is 0.238 e. The molecule has 1 fully saturated rings. The summed E-state index contributed by atoms with van der Waals surface area (Å²) >= 11 is 0. The number of piperidine rings is 1. The molecule has 2 aromatic rings. The molecule has 0 radical (unpaired) electrons. The Morgan fingerprint density at radius 3 is 2.84 bits per heavy atom. The molecule has 3 rings (SSSR count). The van der Waals surface area contributed by atoms with Gasteiger partial charge in [0.1, 0.15) is 5.75 Å². The summed E-state index contributed by atoms with van der Waals surface area (Å²) in [6, 6.07) is 9.58. The Kier molecular flexibility index (Phi) is 5.60. The van der Waals surface area contributed by atoms with Crippen molar-refractivity contribution in [3.63, 3.8) is 0 Å². The Morgan fingerprint density at radius 1 is 1.28 bits per heavy atom. The van der Waals surface area contributed by atoms with Gasteiger partial charge in [-0.25, -0.2) is 4.98 Å². The van der Waals surface area contributed by atoms with Crippen molar-refractivity contribution in [1.82, 2.24) is 19.8 Å². The second kappa shape index (κ2) is 8.07. The Morgan fingerprint density at radius 2 is 2.08 bits per heavy atom. The van der Waals surface area contributed by atoms with Gasteiger partial charge in [-0.1, -0.05) is 18.2 Å². The number of para-hydroxylation sites is 1. The fraction of sp³-hybridized carbons (Fsp3) is 0.421. The third-order valence-corrected chi connectivity index (χ3v) is 4.38. The summed E-state index contributed by atoms with van der Waals surface area (Å²) in [5.41, 5.74) is 0.926. The summed E-state index contributed by atoms with van der Waals surface area (Å²) in [4.78, 5) is 24.7. The van der Waals surface area contributed by atoms with E-state index in [2.05, 4.69) is 14.9 Å². The van der Waals surface area contributed by atoms with Crippen LogP contribution in [0.2, 0.25) is 0 Å². The topological polar surface area (TPSA) is 58.6 Å². The minimum atomic E-state index is 0.132. The molecule has 0 aliphatic carbocycles. The van der Waals surface area contributed by atoms with Crippen LogP contribution in [0.15, 0.2) is 42.7 Å². The second-order valence-electron chi connectivity index (χ2n) is 6.56. The molecule has 6 nitrogen and oxygen atoms in total. The maximum Gasteiger partial charge on any atom is 0.238 e. The SMILES string of the molecule is CN(C)C(=O)CN1CCC[C@@H](c2cncc(Oc3ccccc3)n2)C1. The molecular weight excluding hydrogens is 316 g/mol. The summed E-state index contributed by atoms with van der Waals surface area (Å²) in [7, 11) is 3.58. The lowest BCUT2D eigenvalue weighted by atomic mass is 9.95. The number of aromatic nitrogens is 2. The Bertz CT molecular complexity index is 706. The molecule has 6 heteroatoms. The molecule has 1 atom stereocenters. The summed E-state index contributed by atoms with van der Waals surface area (Å²) in [5, 5.41) is 0. The second-order valence-corrected chi connectivity index (χ2v) is 6.56.